The van der Waals surface area contributed by atoms with E-state index in [1.165, 1.54) is 11.1 Å². The molecule has 0 aliphatic heterocycles. The van der Waals surface area contributed by atoms with E-state index in [1.807, 2.05) is 24.3 Å². The minimum absolute atomic E-state index is 0.178. The van der Waals surface area contributed by atoms with Crippen molar-refractivity contribution in [2.45, 2.75) is 18.7 Å². The first-order chi connectivity index (χ1) is 10.1. The molecule has 4 heteroatoms. The van der Waals surface area contributed by atoms with Crippen LogP contribution in [0.2, 0.25) is 0 Å². The average molecular weight is 370 g/mol. The first-order valence-electron chi connectivity index (χ1n) is 6.66. The Balaban J connectivity index is 2.34. The van der Waals surface area contributed by atoms with Crippen LogP contribution in [0.3, 0.4) is 0 Å². The fourth-order valence-corrected chi connectivity index (χ4v) is 3.09. The molecule has 0 saturated heterocycles. The molecule has 0 aromatic heterocycles. The van der Waals surface area contributed by atoms with E-state index in [4.69, 9.17) is 21.1 Å². The molecule has 2 aromatic rings. The molecule has 2 aromatic carbocycles. The van der Waals surface area contributed by atoms with Crippen molar-refractivity contribution >= 4 is 27.5 Å². The van der Waals surface area contributed by atoms with Crippen molar-refractivity contribution in [2.75, 3.05) is 14.2 Å². The van der Waals surface area contributed by atoms with Crippen LogP contribution in [0.15, 0.2) is 40.9 Å². The SMILES string of the molecule is COc1cc(C(Cl)Cc2ccccc2C)c(OC)cc1Br. The van der Waals surface area contributed by atoms with Crippen molar-refractivity contribution < 1.29 is 9.47 Å². The second-order valence-corrected chi connectivity index (χ2v) is 6.21. The normalized spacial score (nSPS) is 12.0. The number of aryl methyl sites for hydroxylation is 1. The van der Waals surface area contributed by atoms with Crippen LogP contribution in [0.25, 0.3) is 0 Å². The van der Waals surface area contributed by atoms with Crippen molar-refractivity contribution in [1.29, 1.82) is 0 Å². The summed E-state index contributed by atoms with van der Waals surface area (Å²) in [6, 6.07) is 12.1. The van der Waals surface area contributed by atoms with Crippen LogP contribution >= 0.6 is 27.5 Å². The van der Waals surface area contributed by atoms with Gasteiger partial charge in [0, 0.05) is 5.56 Å². The summed E-state index contributed by atoms with van der Waals surface area (Å²) in [4.78, 5) is 0. The topological polar surface area (TPSA) is 18.5 Å². The highest BCUT2D eigenvalue weighted by Crippen LogP contribution is 2.39. The smallest absolute Gasteiger partial charge is 0.133 e. The first-order valence-corrected chi connectivity index (χ1v) is 7.89. The fourth-order valence-electron chi connectivity index (χ4n) is 2.27. The highest BCUT2D eigenvalue weighted by molar-refractivity contribution is 9.10. The minimum atomic E-state index is -0.178. The quantitative estimate of drug-likeness (QED) is 0.666. The van der Waals surface area contributed by atoms with Gasteiger partial charge >= 0.3 is 0 Å². The number of alkyl halides is 1. The molecule has 0 saturated carbocycles. The Morgan fingerprint density at radius 3 is 2.38 bits per heavy atom. The zero-order valence-electron chi connectivity index (χ0n) is 12.3. The minimum Gasteiger partial charge on any atom is -0.496 e. The number of halogens is 2. The molecule has 21 heavy (non-hydrogen) atoms. The van der Waals surface area contributed by atoms with Gasteiger partial charge in [0.05, 0.1) is 24.1 Å². The Hall–Kier alpha value is -1.19. The zero-order chi connectivity index (χ0) is 15.4. The van der Waals surface area contributed by atoms with Gasteiger partial charge in [-0.3, -0.25) is 0 Å². The largest absolute Gasteiger partial charge is 0.496 e. The van der Waals surface area contributed by atoms with Crippen LogP contribution in [0.4, 0.5) is 0 Å². The third kappa shape index (κ3) is 3.72. The summed E-state index contributed by atoms with van der Waals surface area (Å²) in [5, 5.41) is -0.178. The maximum Gasteiger partial charge on any atom is 0.133 e. The zero-order valence-corrected chi connectivity index (χ0v) is 14.7. The van der Waals surface area contributed by atoms with Gasteiger partial charge in [-0.05, 0) is 52.5 Å². The molecular formula is C17H18BrClO2. The van der Waals surface area contributed by atoms with E-state index in [2.05, 4.69) is 35.0 Å². The van der Waals surface area contributed by atoms with E-state index in [0.717, 1.165) is 28.0 Å². The predicted molar refractivity (Wildman–Crippen MR) is 90.7 cm³/mol. The summed E-state index contributed by atoms with van der Waals surface area (Å²) in [7, 11) is 3.29. The van der Waals surface area contributed by atoms with Crippen molar-refractivity contribution in [3.63, 3.8) is 0 Å². The lowest BCUT2D eigenvalue weighted by Crippen LogP contribution is -2.02. The molecule has 0 aliphatic rings. The van der Waals surface area contributed by atoms with E-state index < -0.39 is 0 Å². The molecule has 2 rings (SSSR count). The molecule has 0 amide bonds. The number of benzene rings is 2. The molecule has 0 fully saturated rings. The number of rotatable bonds is 5. The lowest BCUT2D eigenvalue weighted by molar-refractivity contribution is 0.396. The molecule has 1 atom stereocenters. The Kier molecular flexibility index (Phi) is 5.54. The summed E-state index contributed by atoms with van der Waals surface area (Å²) in [6.45, 7) is 2.10. The highest BCUT2D eigenvalue weighted by atomic mass is 79.9. The Morgan fingerprint density at radius 2 is 1.76 bits per heavy atom. The van der Waals surface area contributed by atoms with E-state index in [-0.39, 0.29) is 5.38 Å². The lowest BCUT2D eigenvalue weighted by atomic mass is 9.99. The van der Waals surface area contributed by atoms with Gasteiger partial charge in [0.2, 0.25) is 0 Å². The summed E-state index contributed by atoms with van der Waals surface area (Å²) in [5.41, 5.74) is 3.41. The Labute approximate surface area is 139 Å². The van der Waals surface area contributed by atoms with Gasteiger partial charge in [-0.2, -0.15) is 0 Å². The third-order valence-electron chi connectivity index (χ3n) is 3.50. The van der Waals surface area contributed by atoms with Crippen LogP contribution in [0, 0.1) is 6.92 Å². The molecule has 112 valence electrons. The van der Waals surface area contributed by atoms with E-state index >= 15 is 0 Å². The molecule has 0 N–H and O–H groups in total. The van der Waals surface area contributed by atoms with Gasteiger partial charge in [0.1, 0.15) is 11.5 Å². The van der Waals surface area contributed by atoms with Gasteiger partial charge in [0.15, 0.2) is 0 Å². The van der Waals surface area contributed by atoms with E-state index in [0.29, 0.717) is 0 Å². The van der Waals surface area contributed by atoms with Crippen molar-refractivity contribution in [1.82, 2.24) is 0 Å². The average Bonchev–Trinajstić information content (AvgIpc) is 2.49. The molecule has 0 spiro atoms. The van der Waals surface area contributed by atoms with Crippen LogP contribution in [0.5, 0.6) is 11.5 Å². The number of hydrogen-bond acceptors (Lipinski definition) is 2. The van der Waals surface area contributed by atoms with E-state index in [9.17, 15) is 0 Å². The van der Waals surface area contributed by atoms with Crippen LogP contribution in [0.1, 0.15) is 22.1 Å². The maximum atomic E-state index is 6.63. The summed E-state index contributed by atoms with van der Waals surface area (Å²) >= 11 is 10.1. The molecule has 1 unspecified atom stereocenters. The lowest BCUT2D eigenvalue weighted by Gasteiger charge is -2.17. The maximum absolute atomic E-state index is 6.63. The van der Waals surface area contributed by atoms with Crippen LogP contribution in [-0.2, 0) is 6.42 Å². The van der Waals surface area contributed by atoms with E-state index in [1.54, 1.807) is 14.2 Å². The Bertz CT molecular complexity index is 628. The summed E-state index contributed by atoms with van der Waals surface area (Å²) in [6.07, 6.45) is 0.745. The van der Waals surface area contributed by atoms with Gasteiger partial charge < -0.3 is 9.47 Å². The van der Waals surface area contributed by atoms with Crippen molar-refractivity contribution in [3.8, 4) is 11.5 Å². The predicted octanol–water partition coefficient (Wildman–Crippen LogP) is 5.30. The monoisotopic (exact) mass is 368 g/mol. The number of hydrogen-bond donors (Lipinski definition) is 0. The highest BCUT2D eigenvalue weighted by Gasteiger charge is 2.18. The molecule has 2 nitrogen and oxygen atoms in total. The third-order valence-corrected chi connectivity index (χ3v) is 4.51. The molecule has 0 aliphatic carbocycles. The second kappa shape index (κ2) is 7.19. The number of methoxy groups -OCH3 is 2. The first kappa shape index (κ1) is 16.2. The molecular weight excluding hydrogens is 352 g/mol. The van der Waals surface area contributed by atoms with Crippen molar-refractivity contribution in [3.05, 3.63) is 57.6 Å². The van der Waals surface area contributed by atoms with Crippen LogP contribution < -0.4 is 9.47 Å². The van der Waals surface area contributed by atoms with Gasteiger partial charge in [0.25, 0.3) is 0 Å². The fraction of sp³-hybridized carbons (Fsp3) is 0.294. The molecule has 0 bridgehead atoms. The number of ether oxygens (including phenoxy) is 2. The molecule has 0 radical (unpaired) electrons. The van der Waals surface area contributed by atoms with Crippen LogP contribution in [-0.4, -0.2) is 14.2 Å². The second-order valence-electron chi connectivity index (χ2n) is 4.83. The van der Waals surface area contributed by atoms with Gasteiger partial charge in [-0.25, -0.2) is 0 Å². The van der Waals surface area contributed by atoms with Crippen molar-refractivity contribution in [2.24, 2.45) is 0 Å². The standard InChI is InChI=1S/C17H18BrClO2/c1-11-6-4-5-7-12(11)8-15(19)13-9-17(21-3)14(18)10-16(13)20-2/h4-7,9-10,15H,8H2,1-3H3. The Morgan fingerprint density at radius 1 is 1.10 bits per heavy atom. The molecule has 0 heterocycles. The summed E-state index contributed by atoms with van der Waals surface area (Å²) < 4.78 is 11.6. The summed E-state index contributed by atoms with van der Waals surface area (Å²) in [5.74, 6) is 1.51. The van der Waals surface area contributed by atoms with Gasteiger partial charge in [-0.15, -0.1) is 11.6 Å². The van der Waals surface area contributed by atoms with Gasteiger partial charge in [-0.1, -0.05) is 24.3 Å².